The Labute approximate surface area is 182 Å². The number of hydrogen-bond acceptors (Lipinski definition) is 2. The molecule has 0 saturated heterocycles. The zero-order valence-corrected chi connectivity index (χ0v) is 18.3. The summed E-state index contributed by atoms with van der Waals surface area (Å²) in [5.41, 5.74) is 3.21. The van der Waals surface area contributed by atoms with Gasteiger partial charge >= 0.3 is 0 Å². The lowest BCUT2D eigenvalue weighted by Gasteiger charge is -2.11. The van der Waals surface area contributed by atoms with Crippen molar-refractivity contribution in [3.63, 3.8) is 0 Å². The molecular weight excluding hydrogens is 466 g/mol. The number of nitrogens with zero attached hydrogens (tertiary/aromatic N) is 2. The largest absolute Gasteiger partial charge is 0.357 e. The first-order chi connectivity index (χ1) is 13.3. The highest BCUT2D eigenvalue weighted by molar-refractivity contribution is 14.0. The Morgan fingerprint density at radius 1 is 1.04 bits per heavy atom. The molecule has 148 valence electrons. The van der Waals surface area contributed by atoms with Gasteiger partial charge in [-0.25, -0.2) is 4.39 Å². The van der Waals surface area contributed by atoms with Crippen LogP contribution in [0.25, 0.3) is 10.9 Å². The second kappa shape index (κ2) is 11.6. The molecule has 3 aromatic rings. The molecule has 0 saturated carbocycles. The molecule has 0 unspecified atom stereocenters. The van der Waals surface area contributed by atoms with Gasteiger partial charge in [0.1, 0.15) is 5.82 Å². The van der Waals surface area contributed by atoms with Crippen molar-refractivity contribution in [2.24, 2.45) is 4.99 Å². The summed E-state index contributed by atoms with van der Waals surface area (Å²) in [6, 6.07) is 17.0. The fraction of sp³-hybridized carbons (Fsp3) is 0.273. The highest BCUT2D eigenvalue weighted by atomic mass is 127. The minimum atomic E-state index is -0.197. The van der Waals surface area contributed by atoms with Crippen LogP contribution in [-0.2, 0) is 12.8 Å². The summed E-state index contributed by atoms with van der Waals surface area (Å²) < 4.78 is 13.3. The summed E-state index contributed by atoms with van der Waals surface area (Å²) in [7, 11) is 0. The number of nitrogens with one attached hydrogen (secondary N) is 2. The topological polar surface area (TPSA) is 49.3 Å². The van der Waals surface area contributed by atoms with Gasteiger partial charge < -0.3 is 10.6 Å². The zero-order chi connectivity index (χ0) is 18.9. The molecule has 2 N–H and O–H groups in total. The van der Waals surface area contributed by atoms with Crippen LogP contribution in [0.3, 0.4) is 0 Å². The number of aromatic nitrogens is 1. The molecule has 2 aromatic carbocycles. The average molecular weight is 492 g/mol. The summed E-state index contributed by atoms with van der Waals surface area (Å²) in [4.78, 5) is 9.15. The molecule has 1 aromatic heterocycles. The third-order valence-electron chi connectivity index (χ3n) is 4.31. The van der Waals surface area contributed by atoms with Gasteiger partial charge in [0.05, 0.1) is 5.52 Å². The highest BCUT2D eigenvalue weighted by Crippen LogP contribution is 2.16. The Bertz CT molecular complexity index is 908. The lowest BCUT2D eigenvalue weighted by molar-refractivity contribution is 0.625. The number of halogens is 2. The van der Waals surface area contributed by atoms with Crippen molar-refractivity contribution in [3.05, 3.63) is 77.7 Å². The van der Waals surface area contributed by atoms with Crippen molar-refractivity contribution in [2.75, 3.05) is 19.6 Å². The predicted molar refractivity (Wildman–Crippen MR) is 125 cm³/mol. The molecule has 6 heteroatoms. The van der Waals surface area contributed by atoms with E-state index in [2.05, 4.69) is 44.9 Å². The monoisotopic (exact) mass is 492 g/mol. The van der Waals surface area contributed by atoms with Crippen LogP contribution in [0.15, 0.2) is 65.8 Å². The van der Waals surface area contributed by atoms with Gasteiger partial charge in [-0.05, 0) is 49.1 Å². The smallest absolute Gasteiger partial charge is 0.191 e. The molecule has 0 radical (unpaired) electrons. The first kappa shape index (κ1) is 22.1. The molecule has 3 rings (SSSR count). The maximum absolute atomic E-state index is 13.3. The number of guanidine groups is 1. The Morgan fingerprint density at radius 3 is 2.68 bits per heavy atom. The van der Waals surface area contributed by atoms with Crippen LogP contribution < -0.4 is 10.6 Å². The molecule has 0 bridgehead atoms. The summed E-state index contributed by atoms with van der Waals surface area (Å²) in [6.45, 7) is 4.20. The fourth-order valence-electron chi connectivity index (χ4n) is 3.02. The predicted octanol–water partition coefficient (Wildman–Crippen LogP) is 4.33. The van der Waals surface area contributed by atoms with E-state index >= 15 is 0 Å². The summed E-state index contributed by atoms with van der Waals surface area (Å²) in [6.07, 6.45) is 3.40. The SMILES string of the molecule is CCNC(=NCCc1cccc2cccnc12)NCCc1cccc(F)c1.I. The van der Waals surface area contributed by atoms with Gasteiger partial charge in [0.15, 0.2) is 5.96 Å². The minimum absolute atomic E-state index is 0. The van der Waals surface area contributed by atoms with Crippen LogP contribution in [-0.4, -0.2) is 30.6 Å². The Morgan fingerprint density at radius 2 is 1.86 bits per heavy atom. The van der Waals surface area contributed by atoms with E-state index in [4.69, 9.17) is 0 Å². The molecule has 0 amide bonds. The van der Waals surface area contributed by atoms with Crippen LogP contribution in [0.4, 0.5) is 4.39 Å². The van der Waals surface area contributed by atoms with Crippen molar-refractivity contribution in [3.8, 4) is 0 Å². The minimum Gasteiger partial charge on any atom is -0.357 e. The van der Waals surface area contributed by atoms with Gasteiger partial charge in [-0.15, -0.1) is 24.0 Å². The van der Waals surface area contributed by atoms with Crippen LogP contribution in [0.5, 0.6) is 0 Å². The molecule has 0 aliphatic heterocycles. The van der Waals surface area contributed by atoms with Crippen LogP contribution >= 0.6 is 24.0 Å². The molecule has 0 spiro atoms. The van der Waals surface area contributed by atoms with Crippen molar-refractivity contribution >= 4 is 40.8 Å². The summed E-state index contributed by atoms with van der Waals surface area (Å²) in [5, 5.41) is 7.72. The maximum atomic E-state index is 13.3. The van der Waals surface area contributed by atoms with Gasteiger partial charge in [-0.3, -0.25) is 9.98 Å². The van der Waals surface area contributed by atoms with E-state index in [0.29, 0.717) is 13.1 Å². The van der Waals surface area contributed by atoms with E-state index in [9.17, 15) is 4.39 Å². The number of fused-ring (bicyclic) bond motifs is 1. The lowest BCUT2D eigenvalue weighted by Crippen LogP contribution is -2.38. The number of aliphatic imine (C=N–C) groups is 1. The number of pyridine rings is 1. The van der Waals surface area contributed by atoms with Crippen LogP contribution in [0.2, 0.25) is 0 Å². The second-order valence-corrected chi connectivity index (χ2v) is 6.31. The van der Waals surface area contributed by atoms with E-state index in [0.717, 1.165) is 41.8 Å². The van der Waals surface area contributed by atoms with Crippen LogP contribution in [0.1, 0.15) is 18.1 Å². The van der Waals surface area contributed by atoms with Crippen molar-refractivity contribution in [1.29, 1.82) is 0 Å². The molecule has 0 aliphatic carbocycles. The molecule has 4 nitrogen and oxygen atoms in total. The summed E-state index contributed by atoms with van der Waals surface area (Å²) in [5.74, 6) is 0.582. The molecule has 0 atom stereocenters. The molecule has 1 heterocycles. The Balaban J connectivity index is 0.00000280. The lowest BCUT2D eigenvalue weighted by atomic mass is 10.1. The number of hydrogen-bond donors (Lipinski definition) is 2. The Kier molecular flexibility index (Phi) is 9.13. The van der Waals surface area contributed by atoms with Gasteiger partial charge in [0, 0.05) is 31.2 Å². The third kappa shape index (κ3) is 6.44. The first-order valence-electron chi connectivity index (χ1n) is 9.35. The number of rotatable bonds is 7. The molecular formula is C22H26FIN4. The second-order valence-electron chi connectivity index (χ2n) is 6.31. The van der Waals surface area contributed by atoms with Gasteiger partial charge in [0.25, 0.3) is 0 Å². The van der Waals surface area contributed by atoms with E-state index in [1.807, 2.05) is 25.3 Å². The van der Waals surface area contributed by atoms with E-state index in [-0.39, 0.29) is 29.8 Å². The highest BCUT2D eigenvalue weighted by Gasteiger charge is 2.02. The van der Waals surface area contributed by atoms with Crippen molar-refractivity contribution < 1.29 is 4.39 Å². The van der Waals surface area contributed by atoms with E-state index < -0.39 is 0 Å². The summed E-state index contributed by atoms with van der Waals surface area (Å²) >= 11 is 0. The van der Waals surface area contributed by atoms with Gasteiger partial charge in [-0.1, -0.05) is 36.4 Å². The van der Waals surface area contributed by atoms with Gasteiger partial charge in [-0.2, -0.15) is 0 Å². The number of para-hydroxylation sites is 1. The van der Waals surface area contributed by atoms with Crippen molar-refractivity contribution in [1.82, 2.24) is 15.6 Å². The fourth-order valence-corrected chi connectivity index (χ4v) is 3.02. The third-order valence-corrected chi connectivity index (χ3v) is 4.31. The van der Waals surface area contributed by atoms with Crippen LogP contribution in [0, 0.1) is 5.82 Å². The quantitative estimate of drug-likeness (QED) is 0.293. The zero-order valence-electron chi connectivity index (χ0n) is 16.0. The van der Waals surface area contributed by atoms with Crippen molar-refractivity contribution in [2.45, 2.75) is 19.8 Å². The van der Waals surface area contributed by atoms with Gasteiger partial charge in [0.2, 0.25) is 0 Å². The molecule has 0 aliphatic rings. The molecule has 28 heavy (non-hydrogen) atoms. The van der Waals surface area contributed by atoms with E-state index in [1.165, 1.54) is 11.6 Å². The van der Waals surface area contributed by atoms with E-state index in [1.54, 1.807) is 12.1 Å². The average Bonchev–Trinajstić information content (AvgIpc) is 2.68. The first-order valence-corrected chi connectivity index (χ1v) is 9.35. The Hall–Kier alpha value is -2.22. The number of benzene rings is 2. The normalized spacial score (nSPS) is 11.1. The maximum Gasteiger partial charge on any atom is 0.191 e. The standard InChI is InChI=1S/C22H25FN4.HI/c1-2-24-22(26-14-11-17-6-3-10-20(23)16-17)27-15-12-19-8-4-7-18-9-5-13-25-21(18)19;/h3-10,13,16H,2,11-12,14-15H2,1H3,(H2,24,26,27);1H. The molecule has 0 fully saturated rings.